The van der Waals surface area contributed by atoms with Crippen LogP contribution in [0.1, 0.15) is 0 Å². The molecule has 0 amide bonds. The summed E-state index contributed by atoms with van der Waals surface area (Å²) in [5, 5.41) is 1.07. The molecule has 5 aromatic carbocycles. The molecule has 43 heavy (non-hydrogen) atoms. The van der Waals surface area contributed by atoms with Gasteiger partial charge in [0, 0.05) is 17.3 Å². The van der Waals surface area contributed by atoms with Crippen LogP contribution < -0.4 is 0 Å². The number of hydrogen-bond acceptors (Lipinski definition) is 3. The van der Waals surface area contributed by atoms with Gasteiger partial charge in [-0.3, -0.25) is 18.8 Å². The van der Waals surface area contributed by atoms with E-state index in [0.29, 0.717) is 0 Å². The van der Waals surface area contributed by atoms with Crippen LogP contribution in [0.2, 0.25) is 0 Å². The van der Waals surface area contributed by atoms with E-state index in [9.17, 15) is 0 Å². The zero-order valence-corrected chi connectivity index (χ0v) is 24.9. The second kappa shape index (κ2) is 10.0. The van der Waals surface area contributed by atoms with Crippen LogP contribution in [0.5, 0.6) is 0 Å². The summed E-state index contributed by atoms with van der Waals surface area (Å²) < 4.78 is 4.36. The molecule has 0 saturated carbocycles. The van der Waals surface area contributed by atoms with Gasteiger partial charge in [0.2, 0.25) is 5.78 Å². The minimum Gasteiger partial charge on any atom is -0.295 e. The molecule has 0 radical (unpaired) electrons. The van der Waals surface area contributed by atoms with E-state index >= 15 is 0 Å². The fourth-order valence-electron chi connectivity index (χ4n) is 6.05. The largest absolute Gasteiger partial charge is 2.00 e. The van der Waals surface area contributed by atoms with Gasteiger partial charge in [-0.05, 0) is 46.4 Å². The van der Waals surface area contributed by atoms with E-state index in [1.165, 1.54) is 0 Å². The number of imidazole rings is 2. The van der Waals surface area contributed by atoms with Crippen LogP contribution in [0, 0.1) is 12.1 Å². The molecule has 4 heterocycles. The molecule has 0 aliphatic heterocycles. The Hall–Kier alpha value is -5.12. The van der Waals surface area contributed by atoms with E-state index in [1.54, 1.807) is 0 Å². The van der Waals surface area contributed by atoms with E-state index in [-0.39, 0.29) is 21.1 Å². The molecule has 4 aromatic heterocycles. The predicted molar refractivity (Wildman–Crippen MR) is 168 cm³/mol. The van der Waals surface area contributed by atoms with Crippen LogP contribution in [0.15, 0.2) is 128 Å². The Morgan fingerprint density at radius 1 is 0.628 bits per heavy atom. The van der Waals surface area contributed by atoms with Gasteiger partial charge in [-0.15, -0.1) is 35.9 Å². The summed E-state index contributed by atoms with van der Waals surface area (Å²) in [6.07, 6.45) is 1.86. The number of pyridine rings is 1. The summed E-state index contributed by atoms with van der Waals surface area (Å²) in [4.78, 5) is 15.0. The topological polar surface area (TPSA) is 47.5 Å². The van der Waals surface area contributed by atoms with Crippen molar-refractivity contribution in [3.63, 3.8) is 0 Å². The smallest absolute Gasteiger partial charge is 0.295 e. The van der Waals surface area contributed by atoms with Crippen LogP contribution in [-0.2, 0) is 21.1 Å². The van der Waals surface area contributed by atoms with Crippen LogP contribution >= 0.6 is 0 Å². The van der Waals surface area contributed by atoms with Gasteiger partial charge in [-0.1, -0.05) is 71.8 Å². The molecule has 0 aliphatic carbocycles. The van der Waals surface area contributed by atoms with E-state index in [1.807, 2.05) is 36.5 Å². The van der Waals surface area contributed by atoms with Gasteiger partial charge in [0.1, 0.15) is 5.65 Å². The van der Waals surface area contributed by atoms with Gasteiger partial charge in [0.05, 0.1) is 16.6 Å². The second-order valence-electron chi connectivity index (χ2n) is 10.4. The first-order chi connectivity index (χ1) is 20.8. The van der Waals surface area contributed by atoms with Crippen molar-refractivity contribution in [2.75, 3.05) is 0 Å². The number of nitrogens with zero attached hydrogens (tertiary/aromatic N) is 5. The van der Waals surface area contributed by atoms with Gasteiger partial charge in [-0.25, -0.2) is 4.98 Å². The van der Waals surface area contributed by atoms with Crippen molar-refractivity contribution >= 4 is 44.4 Å². The zero-order valence-electron chi connectivity index (χ0n) is 22.7. The third-order valence-electron chi connectivity index (χ3n) is 7.96. The summed E-state index contributed by atoms with van der Waals surface area (Å²) in [5.41, 5.74) is 11.8. The van der Waals surface area contributed by atoms with Crippen molar-refractivity contribution < 1.29 is 21.1 Å². The Morgan fingerprint density at radius 3 is 2.37 bits per heavy atom. The first kappa shape index (κ1) is 25.6. The van der Waals surface area contributed by atoms with Crippen molar-refractivity contribution in [2.45, 2.75) is 0 Å². The maximum atomic E-state index is 5.28. The Labute approximate surface area is 261 Å². The molecule has 9 rings (SSSR count). The van der Waals surface area contributed by atoms with Crippen LogP contribution in [0.3, 0.4) is 0 Å². The molecular weight excluding hydrogens is 710 g/mol. The number of hydrogen-bond donors (Lipinski definition) is 0. The SMILES string of the molecule is [Pt+2].[c-]1c(-c2cc(-c3ccccc3)ccn2)cccc1-c1cccc2c1nc1n2c2ccccc2c2nc3ccc[c-]c3n21. The molecule has 0 aliphatic rings. The van der Waals surface area contributed by atoms with Gasteiger partial charge in [0.25, 0.3) is 0 Å². The molecule has 204 valence electrons. The maximum absolute atomic E-state index is 5.28. The molecule has 0 saturated heterocycles. The summed E-state index contributed by atoms with van der Waals surface area (Å²) in [6, 6.07) is 48.5. The molecule has 6 heteroatoms. The predicted octanol–water partition coefficient (Wildman–Crippen LogP) is 8.44. The molecule has 0 atom stereocenters. The van der Waals surface area contributed by atoms with Gasteiger partial charge < -0.3 is 0 Å². The summed E-state index contributed by atoms with van der Waals surface area (Å²) in [6.45, 7) is 0. The van der Waals surface area contributed by atoms with E-state index in [2.05, 4.69) is 112 Å². The van der Waals surface area contributed by atoms with Gasteiger partial charge in [0.15, 0.2) is 0 Å². The third-order valence-corrected chi connectivity index (χ3v) is 7.96. The normalized spacial score (nSPS) is 11.5. The first-order valence-corrected chi connectivity index (χ1v) is 13.9. The number of fused-ring (bicyclic) bond motifs is 10. The quantitative estimate of drug-likeness (QED) is 0.172. The maximum Gasteiger partial charge on any atom is 2.00 e. The van der Waals surface area contributed by atoms with Crippen molar-refractivity contribution in [3.8, 4) is 33.5 Å². The third kappa shape index (κ3) is 3.93. The van der Waals surface area contributed by atoms with E-state index < -0.39 is 0 Å². The summed E-state index contributed by atoms with van der Waals surface area (Å²) >= 11 is 0. The molecule has 0 spiro atoms. The number of aromatic nitrogens is 5. The van der Waals surface area contributed by atoms with Crippen LogP contribution in [0.25, 0.3) is 77.9 Å². The Bertz CT molecular complexity index is 2480. The number of benzene rings is 5. The Kier molecular flexibility index (Phi) is 5.95. The van der Waals surface area contributed by atoms with Crippen molar-refractivity contribution in [2.24, 2.45) is 0 Å². The molecule has 0 fully saturated rings. The molecular formula is C37H21N5Pt. The monoisotopic (exact) mass is 730 g/mol. The number of rotatable bonds is 3. The molecule has 0 unspecified atom stereocenters. The summed E-state index contributed by atoms with van der Waals surface area (Å²) in [7, 11) is 0. The zero-order chi connectivity index (χ0) is 27.6. The average Bonchev–Trinajstić information content (AvgIpc) is 3.65. The van der Waals surface area contributed by atoms with Crippen molar-refractivity contribution in [1.82, 2.24) is 23.8 Å². The average molecular weight is 731 g/mol. The van der Waals surface area contributed by atoms with E-state index in [0.717, 1.165) is 77.9 Å². The van der Waals surface area contributed by atoms with Crippen LogP contribution in [-0.4, -0.2) is 23.8 Å². The van der Waals surface area contributed by atoms with Crippen molar-refractivity contribution in [1.29, 1.82) is 0 Å². The Balaban J connectivity index is 0.00000278. The summed E-state index contributed by atoms with van der Waals surface area (Å²) in [5.74, 6) is 0.810. The van der Waals surface area contributed by atoms with Crippen LogP contribution in [0.4, 0.5) is 0 Å². The van der Waals surface area contributed by atoms with Gasteiger partial charge in [-0.2, -0.15) is 18.2 Å². The van der Waals surface area contributed by atoms with Gasteiger partial charge >= 0.3 is 21.1 Å². The fourth-order valence-corrected chi connectivity index (χ4v) is 6.05. The minimum atomic E-state index is 0. The second-order valence-corrected chi connectivity index (χ2v) is 10.4. The van der Waals surface area contributed by atoms with Crippen molar-refractivity contribution in [3.05, 3.63) is 140 Å². The number of para-hydroxylation sites is 3. The molecule has 0 N–H and O–H groups in total. The Morgan fingerprint density at radius 2 is 1.44 bits per heavy atom. The molecule has 0 bridgehead atoms. The van der Waals surface area contributed by atoms with E-state index in [4.69, 9.17) is 15.0 Å². The molecule has 9 aromatic rings. The molecule has 5 nitrogen and oxygen atoms in total. The fraction of sp³-hybridized carbons (Fsp3) is 0. The first-order valence-electron chi connectivity index (χ1n) is 13.9. The standard InChI is InChI=1S/C37H21N5.Pt/c1-2-10-24(11-3-1)25-20-21-38-31(23-25)27-13-8-12-26(22-27)28-15-9-19-34-35(28)40-37-41(34)32-17-6-4-14-29(32)36-39-30-16-5-7-18-33(30)42(36)37;/h1-17,19-21,23H;/q-2;+2. The minimum absolute atomic E-state index is 0.